The molecule has 3 heteroatoms. The monoisotopic (exact) mass is 252 g/mol. The second kappa shape index (κ2) is 7.49. The quantitative estimate of drug-likeness (QED) is 0.571. The molecule has 18 heavy (non-hydrogen) atoms. The molecule has 0 aliphatic heterocycles. The molecule has 0 spiro atoms. The van der Waals surface area contributed by atoms with Gasteiger partial charge in [0.25, 0.3) is 0 Å². The van der Waals surface area contributed by atoms with Crippen molar-refractivity contribution < 1.29 is 4.39 Å². The second-order valence-electron chi connectivity index (χ2n) is 5.02. The van der Waals surface area contributed by atoms with E-state index >= 15 is 0 Å². The van der Waals surface area contributed by atoms with E-state index in [0.29, 0.717) is 5.92 Å². The fourth-order valence-corrected chi connectivity index (χ4v) is 2.52. The Morgan fingerprint density at radius 3 is 2.50 bits per heavy atom. The van der Waals surface area contributed by atoms with Crippen molar-refractivity contribution in [1.82, 2.24) is 5.43 Å². The lowest BCUT2D eigenvalue weighted by Gasteiger charge is -2.26. The molecule has 0 amide bonds. The van der Waals surface area contributed by atoms with Crippen molar-refractivity contribution in [2.24, 2.45) is 11.8 Å². The Morgan fingerprint density at radius 2 is 2.00 bits per heavy atom. The summed E-state index contributed by atoms with van der Waals surface area (Å²) in [4.78, 5) is 0. The van der Waals surface area contributed by atoms with Crippen molar-refractivity contribution in [3.8, 4) is 0 Å². The number of nitrogens with two attached hydrogens (primary N) is 1. The van der Waals surface area contributed by atoms with Crippen molar-refractivity contribution in [1.29, 1.82) is 0 Å². The molecule has 0 aromatic heterocycles. The maximum atomic E-state index is 13.5. The number of hydrogen-bond acceptors (Lipinski definition) is 2. The van der Waals surface area contributed by atoms with Crippen LogP contribution in [0.15, 0.2) is 18.2 Å². The van der Waals surface area contributed by atoms with Crippen LogP contribution < -0.4 is 11.3 Å². The Hall–Kier alpha value is -0.930. The summed E-state index contributed by atoms with van der Waals surface area (Å²) in [5.41, 5.74) is 4.76. The molecule has 0 aliphatic rings. The highest BCUT2D eigenvalue weighted by Gasteiger charge is 2.20. The summed E-state index contributed by atoms with van der Waals surface area (Å²) < 4.78 is 13.5. The predicted molar refractivity (Wildman–Crippen MR) is 74.5 cm³/mol. The minimum Gasteiger partial charge on any atom is -0.271 e. The van der Waals surface area contributed by atoms with Crippen LogP contribution in [0.4, 0.5) is 4.39 Å². The lowest BCUT2D eigenvalue weighted by Crippen LogP contribution is -2.33. The van der Waals surface area contributed by atoms with Crippen LogP contribution in [0.1, 0.15) is 56.7 Å². The van der Waals surface area contributed by atoms with Gasteiger partial charge in [-0.3, -0.25) is 11.3 Å². The van der Waals surface area contributed by atoms with Gasteiger partial charge in [0.05, 0.1) is 0 Å². The van der Waals surface area contributed by atoms with Gasteiger partial charge in [0.1, 0.15) is 5.82 Å². The largest absolute Gasteiger partial charge is 0.271 e. The maximum absolute atomic E-state index is 13.5. The van der Waals surface area contributed by atoms with Crippen molar-refractivity contribution in [2.75, 3.05) is 0 Å². The molecule has 0 saturated heterocycles. The SMILES string of the molecule is CCCCC(CC)C(NN)c1cc(C)cc(F)c1. The molecule has 2 nitrogen and oxygen atoms in total. The van der Waals surface area contributed by atoms with E-state index in [1.54, 1.807) is 12.1 Å². The fourth-order valence-electron chi connectivity index (χ4n) is 2.52. The van der Waals surface area contributed by atoms with Gasteiger partial charge in [-0.25, -0.2) is 4.39 Å². The number of hydrazine groups is 1. The zero-order chi connectivity index (χ0) is 13.5. The van der Waals surface area contributed by atoms with E-state index in [1.165, 1.54) is 12.8 Å². The summed E-state index contributed by atoms with van der Waals surface area (Å²) in [5.74, 6) is 5.95. The third-order valence-electron chi connectivity index (χ3n) is 3.53. The van der Waals surface area contributed by atoms with E-state index in [0.717, 1.165) is 24.0 Å². The van der Waals surface area contributed by atoms with Gasteiger partial charge in [-0.1, -0.05) is 39.2 Å². The average Bonchev–Trinajstić information content (AvgIpc) is 2.33. The molecular weight excluding hydrogens is 227 g/mol. The Morgan fingerprint density at radius 1 is 1.28 bits per heavy atom. The van der Waals surface area contributed by atoms with E-state index in [-0.39, 0.29) is 11.9 Å². The smallest absolute Gasteiger partial charge is 0.123 e. The van der Waals surface area contributed by atoms with Crippen LogP contribution in [0.2, 0.25) is 0 Å². The van der Waals surface area contributed by atoms with E-state index in [9.17, 15) is 4.39 Å². The number of unbranched alkanes of at least 4 members (excludes halogenated alkanes) is 1. The molecule has 0 bridgehead atoms. The molecule has 3 N–H and O–H groups in total. The molecule has 2 unspecified atom stereocenters. The molecule has 102 valence electrons. The van der Waals surface area contributed by atoms with Gasteiger partial charge in [-0.15, -0.1) is 0 Å². The molecule has 0 aliphatic carbocycles. The second-order valence-corrected chi connectivity index (χ2v) is 5.02. The topological polar surface area (TPSA) is 38.0 Å². The molecular formula is C15H25FN2. The molecule has 1 rings (SSSR count). The first-order chi connectivity index (χ1) is 8.62. The lowest BCUT2D eigenvalue weighted by molar-refractivity contribution is 0.326. The molecule has 2 atom stereocenters. The van der Waals surface area contributed by atoms with Gasteiger partial charge in [-0.05, 0) is 42.5 Å². The van der Waals surface area contributed by atoms with Gasteiger partial charge in [0.2, 0.25) is 0 Å². The zero-order valence-electron chi connectivity index (χ0n) is 11.7. The van der Waals surface area contributed by atoms with Crippen LogP contribution in [-0.2, 0) is 0 Å². The van der Waals surface area contributed by atoms with Gasteiger partial charge in [0, 0.05) is 6.04 Å². The lowest BCUT2D eigenvalue weighted by atomic mass is 9.87. The van der Waals surface area contributed by atoms with Crippen LogP contribution in [0.25, 0.3) is 0 Å². The van der Waals surface area contributed by atoms with Crippen LogP contribution in [-0.4, -0.2) is 0 Å². The van der Waals surface area contributed by atoms with Gasteiger partial charge >= 0.3 is 0 Å². The van der Waals surface area contributed by atoms with E-state index in [1.807, 2.05) is 13.0 Å². The van der Waals surface area contributed by atoms with Crippen LogP contribution in [0.5, 0.6) is 0 Å². The first kappa shape index (κ1) is 15.1. The molecule has 1 aromatic carbocycles. The van der Waals surface area contributed by atoms with Gasteiger partial charge < -0.3 is 0 Å². The summed E-state index contributed by atoms with van der Waals surface area (Å²) in [6.45, 7) is 6.26. The van der Waals surface area contributed by atoms with E-state index in [2.05, 4.69) is 19.3 Å². The molecule has 0 saturated carbocycles. The third-order valence-corrected chi connectivity index (χ3v) is 3.53. The fraction of sp³-hybridized carbons (Fsp3) is 0.600. The molecule has 1 aromatic rings. The highest BCUT2D eigenvalue weighted by molar-refractivity contribution is 5.26. The van der Waals surface area contributed by atoms with Crippen molar-refractivity contribution in [3.63, 3.8) is 0 Å². The van der Waals surface area contributed by atoms with Gasteiger partial charge in [0.15, 0.2) is 0 Å². The van der Waals surface area contributed by atoms with E-state index < -0.39 is 0 Å². The van der Waals surface area contributed by atoms with Crippen LogP contribution in [0.3, 0.4) is 0 Å². The number of halogens is 1. The summed E-state index contributed by atoms with van der Waals surface area (Å²) in [6, 6.07) is 5.19. The summed E-state index contributed by atoms with van der Waals surface area (Å²) in [6.07, 6.45) is 4.53. The number of hydrogen-bond donors (Lipinski definition) is 2. The maximum Gasteiger partial charge on any atom is 0.123 e. The predicted octanol–water partition coefficient (Wildman–Crippen LogP) is 3.85. The number of benzene rings is 1. The molecule has 0 fully saturated rings. The summed E-state index contributed by atoms with van der Waals surface area (Å²) in [7, 11) is 0. The minimum absolute atomic E-state index is 0.0379. The summed E-state index contributed by atoms with van der Waals surface area (Å²) in [5, 5.41) is 0. The number of aryl methyl sites for hydroxylation is 1. The first-order valence-corrected chi connectivity index (χ1v) is 6.85. The normalized spacial score (nSPS) is 14.5. The van der Waals surface area contributed by atoms with Crippen molar-refractivity contribution >= 4 is 0 Å². The average molecular weight is 252 g/mol. The van der Waals surface area contributed by atoms with Crippen molar-refractivity contribution in [2.45, 2.75) is 52.5 Å². The highest BCUT2D eigenvalue weighted by Crippen LogP contribution is 2.29. The Kier molecular flexibility index (Phi) is 6.30. The number of nitrogens with one attached hydrogen (secondary N) is 1. The zero-order valence-corrected chi connectivity index (χ0v) is 11.7. The van der Waals surface area contributed by atoms with E-state index in [4.69, 9.17) is 5.84 Å². The number of rotatable bonds is 7. The molecule has 0 heterocycles. The Bertz CT molecular complexity index is 345. The summed E-state index contributed by atoms with van der Waals surface area (Å²) >= 11 is 0. The van der Waals surface area contributed by atoms with Gasteiger partial charge in [-0.2, -0.15) is 0 Å². The van der Waals surface area contributed by atoms with Crippen LogP contribution in [0, 0.1) is 18.7 Å². The standard InChI is InChI=1S/C15H25FN2/c1-4-6-7-12(5-2)15(18-17)13-8-11(3)9-14(16)10-13/h8-10,12,15,18H,4-7,17H2,1-3H3. The highest BCUT2D eigenvalue weighted by atomic mass is 19.1. The minimum atomic E-state index is -0.185. The van der Waals surface area contributed by atoms with Crippen LogP contribution >= 0.6 is 0 Å². The van der Waals surface area contributed by atoms with Crippen molar-refractivity contribution in [3.05, 3.63) is 35.1 Å². The first-order valence-electron chi connectivity index (χ1n) is 6.85. The molecule has 0 radical (unpaired) electrons. The Labute approximate surface area is 110 Å². The third kappa shape index (κ3) is 4.07. The Balaban J connectivity index is 2.91.